The third-order valence-corrected chi connectivity index (χ3v) is 4.40. The zero-order valence-corrected chi connectivity index (χ0v) is 12.8. The first-order valence-electron chi connectivity index (χ1n) is 7.00. The van der Waals surface area contributed by atoms with E-state index in [0.29, 0.717) is 22.2 Å². The van der Waals surface area contributed by atoms with E-state index in [9.17, 15) is 0 Å². The van der Waals surface area contributed by atoms with E-state index in [-0.39, 0.29) is 0 Å². The molecule has 2 unspecified atom stereocenters. The van der Waals surface area contributed by atoms with Gasteiger partial charge in [0.15, 0.2) is 0 Å². The van der Waals surface area contributed by atoms with Crippen molar-refractivity contribution in [3.8, 4) is 0 Å². The summed E-state index contributed by atoms with van der Waals surface area (Å²) in [5.41, 5.74) is 1.10. The second kappa shape index (κ2) is 7.49. The molecule has 4 heteroatoms. The van der Waals surface area contributed by atoms with Crippen LogP contribution in [-0.4, -0.2) is 25.3 Å². The van der Waals surface area contributed by atoms with E-state index >= 15 is 0 Å². The van der Waals surface area contributed by atoms with Crippen LogP contribution in [0.4, 0.5) is 0 Å². The summed E-state index contributed by atoms with van der Waals surface area (Å²) in [6, 6.07) is 6.15. The van der Waals surface area contributed by atoms with Gasteiger partial charge in [-0.1, -0.05) is 42.3 Å². The number of rotatable bonds is 6. The molecule has 2 atom stereocenters. The van der Waals surface area contributed by atoms with E-state index in [2.05, 4.69) is 12.2 Å². The standard InChI is InChI=1S/C15H21Cl2NO/c1-2-8-18-13(14-7-4-9-19-14)10-11-5-3-6-12(16)15(11)17/h3,5-6,13-14,18H,2,4,7-10H2,1H3. The Morgan fingerprint density at radius 3 is 2.95 bits per heavy atom. The summed E-state index contributed by atoms with van der Waals surface area (Å²) >= 11 is 12.4. The molecule has 19 heavy (non-hydrogen) atoms. The minimum Gasteiger partial charge on any atom is -0.377 e. The van der Waals surface area contributed by atoms with Gasteiger partial charge in [0.25, 0.3) is 0 Å². The molecule has 0 aliphatic carbocycles. The molecule has 0 saturated carbocycles. The van der Waals surface area contributed by atoms with E-state index in [1.807, 2.05) is 18.2 Å². The molecular weight excluding hydrogens is 281 g/mol. The predicted octanol–water partition coefficient (Wildman–Crippen LogP) is 4.08. The average Bonchev–Trinajstić information content (AvgIpc) is 2.93. The van der Waals surface area contributed by atoms with Crippen molar-refractivity contribution in [2.75, 3.05) is 13.2 Å². The van der Waals surface area contributed by atoms with Gasteiger partial charge in [0.1, 0.15) is 0 Å². The van der Waals surface area contributed by atoms with Crippen LogP contribution in [0.2, 0.25) is 10.0 Å². The Labute approximate surface area is 125 Å². The summed E-state index contributed by atoms with van der Waals surface area (Å²) in [5, 5.41) is 4.88. The van der Waals surface area contributed by atoms with E-state index < -0.39 is 0 Å². The molecule has 0 radical (unpaired) electrons. The maximum absolute atomic E-state index is 6.28. The van der Waals surface area contributed by atoms with Gasteiger partial charge in [0, 0.05) is 12.6 Å². The zero-order valence-electron chi connectivity index (χ0n) is 11.3. The molecule has 1 heterocycles. The van der Waals surface area contributed by atoms with Crippen molar-refractivity contribution < 1.29 is 4.74 Å². The fraction of sp³-hybridized carbons (Fsp3) is 0.600. The number of benzene rings is 1. The Morgan fingerprint density at radius 1 is 1.42 bits per heavy atom. The van der Waals surface area contributed by atoms with Crippen LogP contribution in [0.5, 0.6) is 0 Å². The molecular formula is C15H21Cl2NO. The number of ether oxygens (including phenoxy) is 1. The monoisotopic (exact) mass is 301 g/mol. The molecule has 0 amide bonds. The van der Waals surface area contributed by atoms with Gasteiger partial charge in [0.2, 0.25) is 0 Å². The van der Waals surface area contributed by atoms with Crippen molar-refractivity contribution in [2.24, 2.45) is 0 Å². The van der Waals surface area contributed by atoms with E-state index in [4.69, 9.17) is 27.9 Å². The van der Waals surface area contributed by atoms with Crippen molar-refractivity contribution in [2.45, 2.75) is 44.8 Å². The minimum absolute atomic E-state index is 0.293. The van der Waals surface area contributed by atoms with E-state index in [1.54, 1.807) is 0 Å². The maximum Gasteiger partial charge on any atom is 0.0732 e. The summed E-state index contributed by atoms with van der Waals surface area (Å²) in [4.78, 5) is 0. The van der Waals surface area contributed by atoms with Gasteiger partial charge < -0.3 is 10.1 Å². The van der Waals surface area contributed by atoms with Crippen LogP contribution in [0.25, 0.3) is 0 Å². The molecule has 0 bridgehead atoms. The zero-order chi connectivity index (χ0) is 13.7. The minimum atomic E-state index is 0.293. The van der Waals surface area contributed by atoms with Crippen LogP contribution in [0, 0.1) is 0 Å². The van der Waals surface area contributed by atoms with Crippen molar-refractivity contribution in [3.63, 3.8) is 0 Å². The summed E-state index contributed by atoms with van der Waals surface area (Å²) in [5.74, 6) is 0. The fourth-order valence-electron chi connectivity index (χ4n) is 2.53. The first kappa shape index (κ1) is 15.1. The van der Waals surface area contributed by atoms with Crippen molar-refractivity contribution in [3.05, 3.63) is 33.8 Å². The van der Waals surface area contributed by atoms with Crippen LogP contribution >= 0.6 is 23.2 Å². The lowest BCUT2D eigenvalue weighted by atomic mass is 9.99. The molecule has 0 aromatic heterocycles. The molecule has 106 valence electrons. The molecule has 2 rings (SSSR count). The van der Waals surface area contributed by atoms with Gasteiger partial charge in [-0.05, 0) is 43.9 Å². The Balaban J connectivity index is 2.07. The smallest absolute Gasteiger partial charge is 0.0732 e. The average molecular weight is 302 g/mol. The topological polar surface area (TPSA) is 21.3 Å². The fourth-order valence-corrected chi connectivity index (χ4v) is 2.92. The largest absolute Gasteiger partial charge is 0.377 e. The van der Waals surface area contributed by atoms with Crippen LogP contribution in [0.3, 0.4) is 0 Å². The first-order chi connectivity index (χ1) is 9.22. The van der Waals surface area contributed by atoms with Gasteiger partial charge in [0.05, 0.1) is 16.1 Å². The van der Waals surface area contributed by atoms with Crippen molar-refractivity contribution >= 4 is 23.2 Å². The second-order valence-electron chi connectivity index (χ2n) is 5.03. The summed E-state index contributed by atoms with van der Waals surface area (Å²) < 4.78 is 5.82. The van der Waals surface area contributed by atoms with Gasteiger partial charge in [-0.15, -0.1) is 0 Å². The molecule has 1 saturated heterocycles. The maximum atomic E-state index is 6.28. The van der Waals surface area contributed by atoms with Crippen LogP contribution in [0.1, 0.15) is 31.7 Å². The van der Waals surface area contributed by atoms with E-state index in [1.165, 1.54) is 0 Å². The summed E-state index contributed by atoms with van der Waals surface area (Å²) in [6.07, 6.45) is 4.55. The molecule has 1 N–H and O–H groups in total. The molecule has 1 aliphatic heterocycles. The molecule has 1 fully saturated rings. The third kappa shape index (κ3) is 4.09. The lowest BCUT2D eigenvalue weighted by Gasteiger charge is -2.25. The predicted molar refractivity (Wildman–Crippen MR) is 81.2 cm³/mol. The Kier molecular flexibility index (Phi) is 5.96. The van der Waals surface area contributed by atoms with Gasteiger partial charge in [-0.25, -0.2) is 0 Å². The Bertz CT molecular complexity index is 405. The van der Waals surface area contributed by atoms with E-state index in [0.717, 1.165) is 44.4 Å². The summed E-state index contributed by atoms with van der Waals surface area (Å²) in [6.45, 7) is 4.05. The van der Waals surface area contributed by atoms with Crippen molar-refractivity contribution in [1.29, 1.82) is 0 Å². The third-order valence-electron chi connectivity index (χ3n) is 3.54. The molecule has 1 aliphatic rings. The lowest BCUT2D eigenvalue weighted by molar-refractivity contribution is 0.0784. The van der Waals surface area contributed by atoms with Gasteiger partial charge in [-0.2, -0.15) is 0 Å². The van der Waals surface area contributed by atoms with Gasteiger partial charge >= 0.3 is 0 Å². The number of halogens is 2. The number of hydrogen-bond acceptors (Lipinski definition) is 2. The molecule has 2 nitrogen and oxygen atoms in total. The number of hydrogen-bond donors (Lipinski definition) is 1. The Hall–Kier alpha value is -0.280. The first-order valence-corrected chi connectivity index (χ1v) is 7.76. The Morgan fingerprint density at radius 2 is 2.26 bits per heavy atom. The molecule has 0 spiro atoms. The lowest BCUT2D eigenvalue weighted by Crippen LogP contribution is -2.41. The van der Waals surface area contributed by atoms with Gasteiger partial charge in [-0.3, -0.25) is 0 Å². The highest BCUT2D eigenvalue weighted by Crippen LogP contribution is 2.28. The molecule has 1 aromatic rings. The normalized spacial score (nSPS) is 20.7. The van der Waals surface area contributed by atoms with Crippen molar-refractivity contribution in [1.82, 2.24) is 5.32 Å². The molecule has 1 aromatic carbocycles. The number of nitrogens with one attached hydrogen (secondary N) is 1. The highest BCUT2D eigenvalue weighted by atomic mass is 35.5. The van der Waals surface area contributed by atoms with Crippen LogP contribution < -0.4 is 5.32 Å². The van der Waals surface area contributed by atoms with Crippen LogP contribution in [-0.2, 0) is 11.2 Å². The quantitative estimate of drug-likeness (QED) is 0.855. The highest BCUT2D eigenvalue weighted by Gasteiger charge is 2.26. The van der Waals surface area contributed by atoms with Crippen LogP contribution in [0.15, 0.2) is 18.2 Å². The summed E-state index contributed by atoms with van der Waals surface area (Å²) in [7, 11) is 0. The second-order valence-corrected chi connectivity index (χ2v) is 5.81. The highest BCUT2D eigenvalue weighted by molar-refractivity contribution is 6.42. The SMILES string of the molecule is CCCNC(Cc1cccc(Cl)c1Cl)C1CCCO1.